The van der Waals surface area contributed by atoms with Crippen molar-refractivity contribution in [1.82, 2.24) is 9.88 Å². The quantitative estimate of drug-likeness (QED) is 0.633. The summed E-state index contributed by atoms with van der Waals surface area (Å²) in [7, 11) is 1.65. The summed E-state index contributed by atoms with van der Waals surface area (Å²) >= 11 is 4.87. The van der Waals surface area contributed by atoms with Crippen molar-refractivity contribution in [1.29, 1.82) is 0 Å². The smallest absolute Gasteiger partial charge is 0.289 e. The first kappa shape index (κ1) is 16.4. The number of methoxy groups -OCH3 is 1. The molecule has 0 unspecified atom stereocenters. The van der Waals surface area contributed by atoms with Crippen LogP contribution in [0.3, 0.4) is 0 Å². The number of carbonyl (C=O) groups excluding carboxylic acids is 1. The molecule has 1 aromatic carbocycles. The zero-order valence-corrected chi connectivity index (χ0v) is 15.9. The van der Waals surface area contributed by atoms with Crippen molar-refractivity contribution in [2.24, 2.45) is 0 Å². The van der Waals surface area contributed by atoms with Crippen LogP contribution in [0.4, 0.5) is 0 Å². The highest BCUT2D eigenvalue weighted by molar-refractivity contribution is 9.10. The highest BCUT2D eigenvalue weighted by atomic mass is 79.9. The average Bonchev–Trinajstić information content (AvgIpc) is 3.26. The van der Waals surface area contributed by atoms with Crippen LogP contribution in [0, 0.1) is 0 Å². The normalized spacial score (nSPS) is 13.6. The first-order valence-electron chi connectivity index (χ1n) is 7.81. The van der Waals surface area contributed by atoms with Gasteiger partial charge >= 0.3 is 0 Å². The van der Waals surface area contributed by atoms with Gasteiger partial charge in [-0.15, -0.1) is 11.3 Å². The van der Waals surface area contributed by atoms with E-state index in [1.165, 1.54) is 0 Å². The van der Waals surface area contributed by atoms with Crippen LogP contribution in [0.5, 0.6) is 5.75 Å². The molecule has 3 heterocycles. The van der Waals surface area contributed by atoms with Crippen molar-refractivity contribution in [2.45, 2.75) is 13.0 Å². The van der Waals surface area contributed by atoms with Crippen molar-refractivity contribution in [3.63, 3.8) is 0 Å². The molecule has 3 aromatic rings. The monoisotopic (exact) mass is 418 g/mol. The number of benzene rings is 1. The number of aromatic nitrogens is 1. The van der Waals surface area contributed by atoms with Crippen molar-refractivity contribution < 1.29 is 13.9 Å². The van der Waals surface area contributed by atoms with Crippen LogP contribution in [-0.4, -0.2) is 29.4 Å². The Morgan fingerprint density at radius 1 is 1.28 bits per heavy atom. The second-order valence-electron chi connectivity index (χ2n) is 5.70. The average molecular weight is 419 g/mol. The molecule has 25 heavy (non-hydrogen) atoms. The van der Waals surface area contributed by atoms with Gasteiger partial charge < -0.3 is 14.1 Å². The molecule has 128 valence electrons. The van der Waals surface area contributed by atoms with E-state index < -0.39 is 0 Å². The number of hydrogen-bond acceptors (Lipinski definition) is 5. The summed E-state index contributed by atoms with van der Waals surface area (Å²) in [5.41, 5.74) is 2.15. The van der Waals surface area contributed by atoms with Gasteiger partial charge in [-0.25, -0.2) is 4.98 Å². The molecule has 0 atom stereocenters. The van der Waals surface area contributed by atoms with Gasteiger partial charge in [0, 0.05) is 23.4 Å². The van der Waals surface area contributed by atoms with Crippen molar-refractivity contribution >= 4 is 33.2 Å². The number of carbonyl (C=O) groups is 1. The lowest BCUT2D eigenvalue weighted by molar-refractivity contribution is 0.0702. The minimum Gasteiger partial charge on any atom is -0.497 e. The number of fused-ring (bicyclic) bond motifs is 1. The lowest BCUT2D eigenvalue weighted by Crippen LogP contribution is -2.35. The molecule has 1 aliphatic heterocycles. The molecule has 4 rings (SSSR count). The minimum atomic E-state index is -0.0873. The van der Waals surface area contributed by atoms with Gasteiger partial charge in [0.25, 0.3) is 5.91 Å². The van der Waals surface area contributed by atoms with E-state index in [1.54, 1.807) is 30.6 Å². The van der Waals surface area contributed by atoms with Crippen molar-refractivity contribution in [3.05, 3.63) is 57.4 Å². The van der Waals surface area contributed by atoms with Gasteiger partial charge in [-0.05, 0) is 52.3 Å². The molecule has 0 fully saturated rings. The first-order valence-corrected chi connectivity index (χ1v) is 9.42. The third-order valence-electron chi connectivity index (χ3n) is 4.14. The van der Waals surface area contributed by atoms with Gasteiger partial charge in [0.2, 0.25) is 0 Å². The summed E-state index contributed by atoms with van der Waals surface area (Å²) in [6.07, 6.45) is 0.760. The number of nitrogens with zero attached hydrogens (tertiary/aromatic N) is 2. The predicted octanol–water partition coefficient (Wildman–Crippen LogP) is 4.37. The summed E-state index contributed by atoms with van der Waals surface area (Å²) in [6, 6.07) is 11.3. The molecule has 5 nitrogen and oxygen atoms in total. The Morgan fingerprint density at radius 3 is 2.76 bits per heavy atom. The number of halogens is 1. The number of rotatable bonds is 3. The highest BCUT2D eigenvalue weighted by Crippen LogP contribution is 2.33. The molecule has 0 aliphatic carbocycles. The molecule has 0 spiro atoms. The van der Waals surface area contributed by atoms with Crippen LogP contribution < -0.4 is 4.74 Å². The standard InChI is InChI=1S/C18H15BrN2O3S/c1-23-12-4-2-11(3-5-12)17-20-13-8-9-21(10-15(13)25-17)18(22)14-6-7-16(19)24-14/h2-7H,8-10H2,1H3. The van der Waals surface area contributed by atoms with Crippen LogP contribution >= 0.6 is 27.3 Å². The minimum absolute atomic E-state index is 0.0873. The maximum absolute atomic E-state index is 12.6. The van der Waals surface area contributed by atoms with Crippen molar-refractivity contribution in [2.75, 3.05) is 13.7 Å². The van der Waals surface area contributed by atoms with Crippen LogP contribution in [0.1, 0.15) is 21.1 Å². The van der Waals surface area contributed by atoms with Gasteiger partial charge in [-0.1, -0.05) is 0 Å². The maximum Gasteiger partial charge on any atom is 0.289 e. The Bertz CT molecular complexity index is 917. The predicted molar refractivity (Wildman–Crippen MR) is 99.0 cm³/mol. The molecule has 1 aliphatic rings. The molecule has 2 aromatic heterocycles. The van der Waals surface area contributed by atoms with Gasteiger partial charge in [-0.3, -0.25) is 4.79 Å². The Hall–Kier alpha value is -2.12. The van der Waals surface area contributed by atoms with E-state index in [0.717, 1.165) is 33.3 Å². The highest BCUT2D eigenvalue weighted by Gasteiger charge is 2.26. The summed E-state index contributed by atoms with van der Waals surface area (Å²) in [5.74, 6) is 1.09. The lowest BCUT2D eigenvalue weighted by atomic mass is 10.1. The number of ether oxygens (including phenoxy) is 1. The van der Waals surface area contributed by atoms with E-state index in [0.29, 0.717) is 23.5 Å². The van der Waals surface area contributed by atoms with E-state index in [4.69, 9.17) is 14.1 Å². The molecular formula is C18H15BrN2O3S. The largest absolute Gasteiger partial charge is 0.497 e. The zero-order chi connectivity index (χ0) is 17.4. The summed E-state index contributed by atoms with van der Waals surface area (Å²) < 4.78 is 11.1. The maximum atomic E-state index is 12.6. The number of furan rings is 1. The van der Waals surface area contributed by atoms with Gasteiger partial charge in [-0.2, -0.15) is 0 Å². The van der Waals surface area contributed by atoms with E-state index >= 15 is 0 Å². The molecule has 0 saturated heterocycles. The Balaban J connectivity index is 1.55. The fourth-order valence-corrected chi connectivity index (χ4v) is 4.25. The van der Waals surface area contributed by atoms with E-state index in [2.05, 4.69) is 15.9 Å². The summed E-state index contributed by atoms with van der Waals surface area (Å²) in [4.78, 5) is 20.3. The Kier molecular flexibility index (Phi) is 4.35. The van der Waals surface area contributed by atoms with E-state index in [1.807, 2.05) is 29.2 Å². The Labute approximate surface area is 157 Å². The van der Waals surface area contributed by atoms with Gasteiger partial charge in [0.15, 0.2) is 10.4 Å². The number of thiazole rings is 1. The second-order valence-corrected chi connectivity index (χ2v) is 7.56. The molecule has 0 saturated carbocycles. The Morgan fingerprint density at radius 2 is 2.08 bits per heavy atom. The van der Waals surface area contributed by atoms with Gasteiger partial charge in [0.1, 0.15) is 10.8 Å². The van der Waals surface area contributed by atoms with E-state index in [-0.39, 0.29) is 5.91 Å². The van der Waals surface area contributed by atoms with Gasteiger partial charge in [0.05, 0.1) is 19.3 Å². The molecule has 0 radical (unpaired) electrons. The molecule has 1 amide bonds. The van der Waals surface area contributed by atoms with Crippen LogP contribution in [0.15, 0.2) is 45.5 Å². The topological polar surface area (TPSA) is 55.6 Å². The first-order chi connectivity index (χ1) is 12.1. The number of hydrogen-bond donors (Lipinski definition) is 0. The summed E-state index contributed by atoms with van der Waals surface area (Å²) in [6.45, 7) is 1.22. The van der Waals surface area contributed by atoms with Crippen LogP contribution in [-0.2, 0) is 13.0 Å². The molecular weight excluding hydrogens is 404 g/mol. The third kappa shape index (κ3) is 3.21. The van der Waals surface area contributed by atoms with Crippen LogP contribution in [0.2, 0.25) is 0 Å². The molecule has 0 N–H and O–H groups in total. The fourth-order valence-electron chi connectivity index (χ4n) is 2.81. The fraction of sp³-hybridized carbons (Fsp3) is 0.222. The second kappa shape index (κ2) is 6.65. The molecule has 0 bridgehead atoms. The number of amides is 1. The third-order valence-corrected chi connectivity index (χ3v) is 5.70. The zero-order valence-electron chi connectivity index (χ0n) is 13.5. The van der Waals surface area contributed by atoms with Crippen LogP contribution in [0.25, 0.3) is 10.6 Å². The SMILES string of the molecule is COc1ccc(-c2nc3c(s2)CN(C(=O)c2ccc(Br)o2)CC3)cc1. The van der Waals surface area contributed by atoms with E-state index in [9.17, 15) is 4.79 Å². The molecule has 7 heteroatoms. The van der Waals surface area contributed by atoms with Crippen molar-refractivity contribution in [3.8, 4) is 16.3 Å². The lowest BCUT2D eigenvalue weighted by Gasteiger charge is -2.25. The summed E-state index contributed by atoms with van der Waals surface area (Å²) in [5, 5.41) is 0.975.